The second-order valence-electron chi connectivity index (χ2n) is 11.2. The van der Waals surface area contributed by atoms with E-state index in [1.807, 2.05) is 48.2 Å². The lowest BCUT2D eigenvalue weighted by atomic mass is 9.86. The lowest BCUT2D eigenvalue weighted by molar-refractivity contribution is 0.102. The Balaban J connectivity index is 1.52. The first-order valence-corrected chi connectivity index (χ1v) is 15.0. The molecule has 0 saturated heterocycles. The molecule has 1 aliphatic heterocycles. The lowest BCUT2D eigenvalue weighted by Crippen LogP contribution is -2.17. The summed E-state index contributed by atoms with van der Waals surface area (Å²) in [7, 11) is 0. The summed E-state index contributed by atoms with van der Waals surface area (Å²) in [6.07, 6.45) is 12.5. The maximum atomic E-state index is 12.9. The van der Waals surface area contributed by atoms with Crippen molar-refractivity contribution in [3.63, 3.8) is 0 Å². The van der Waals surface area contributed by atoms with Gasteiger partial charge in [0.2, 0.25) is 0 Å². The van der Waals surface area contributed by atoms with Crippen molar-refractivity contribution in [1.82, 2.24) is 4.90 Å². The molecule has 1 amide bonds. The van der Waals surface area contributed by atoms with Gasteiger partial charge in [-0.05, 0) is 59.6 Å². The molecule has 0 spiro atoms. The molecule has 0 aliphatic carbocycles. The Bertz CT molecular complexity index is 1020. The number of carbonyl (C=O) groups is 1. The Kier molecular flexibility index (Phi) is 11.4. The fraction of sp³-hybridized carbons (Fsp3) is 0.531. The number of rotatable bonds is 14. The number of benzene rings is 2. The van der Waals surface area contributed by atoms with Gasteiger partial charge >= 0.3 is 0 Å². The number of amides is 1. The number of nitrogens with zero attached hydrogens (tertiary/aromatic N) is 1. The van der Waals surface area contributed by atoms with E-state index < -0.39 is 0 Å². The molecule has 0 saturated carbocycles. The van der Waals surface area contributed by atoms with Gasteiger partial charge in [0.05, 0.1) is 12.5 Å². The average Bonchev–Trinajstić information content (AvgIpc) is 3.27. The molecule has 2 aromatic carbocycles. The monoisotopic (exact) mass is 522 g/mol. The van der Waals surface area contributed by atoms with E-state index in [1.165, 1.54) is 55.4 Å². The topological polar surface area (TPSA) is 41.6 Å². The fourth-order valence-electron chi connectivity index (χ4n) is 4.54. The first-order valence-electron chi connectivity index (χ1n) is 14.0. The van der Waals surface area contributed by atoms with Gasteiger partial charge in [-0.25, -0.2) is 0 Å². The lowest BCUT2D eigenvalue weighted by Gasteiger charge is -2.24. The molecule has 1 heterocycles. The van der Waals surface area contributed by atoms with Gasteiger partial charge < -0.3 is 15.0 Å². The van der Waals surface area contributed by atoms with Crippen LogP contribution in [0.25, 0.3) is 0 Å². The molecule has 0 radical (unpaired) electrons. The quantitative estimate of drug-likeness (QED) is 0.251. The Morgan fingerprint density at radius 2 is 1.65 bits per heavy atom. The normalized spacial score (nSPS) is 13.5. The minimum atomic E-state index is -0.0912. The van der Waals surface area contributed by atoms with Crippen LogP contribution in [-0.4, -0.2) is 23.3 Å². The third-order valence-corrected chi connectivity index (χ3v) is 7.75. The number of allylic oxidation sites excluding steroid dienone is 1. The number of ether oxygens (including phenoxy) is 1. The highest BCUT2D eigenvalue weighted by molar-refractivity contribution is 8.03. The standard InChI is InChI=1S/C32H46N2O2S/c1-6-7-8-9-10-11-12-13-20-36-30-19-18-28(21-29(30)32(3,4)5)33-31(35)27-16-14-26(15-17-27)23-34-22-25(2)37-24-34/h14-19,21-22H,6-13,20,23-24H2,1-5H3,(H,33,35). The molecule has 0 atom stereocenters. The van der Waals surface area contributed by atoms with Gasteiger partial charge in [0.15, 0.2) is 0 Å². The van der Waals surface area contributed by atoms with Crippen molar-refractivity contribution in [3.05, 3.63) is 70.3 Å². The molecule has 202 valence electrons. The molecule has 4 nitrogen and oxygen atoms in total. The number of carbonyl (C=O) groups excluding carboxylic acids is 1. The number of unbranched alkanes of at least 4 members (excludes halogenated alkanes) is 7. The molecular formula is C32H46N2O2S. The highest BCUT2D eigenvalue weighted by atomic mass is 32.2. The van der Waals surface area contributed by atoms with Gasteiger partial charge in [-0.15, -0.1) is 11.8 Å². The molecule has 1 N–H and O–H groups in total. The van der Waals surface area contributed by atoms with Crippen LogP contribution >= 0.6 is 11.8 Å². The molecule has 0 unspecified atom stereocenters. The van der Waals surface area contributed by atoms with Gasteiger partial charge in [0.25, 0.3) is 5.91 Å². The van der Waals surface area contributed by atoms with Crippen LogP contribution in [0, 0.1) is 0 Å². The highest BCUT2D eigenvalue weighted by Gasteiger charge is 2.20. The molecule has 1 aliphatic rings. The van der Waals surface area contributed by atoms with Gasteiger partial charge in [0, 0.05) is 29.6 Å². The first kappa shape index (κ1) is 29.2. The predicted octanol–water partition coefficient (Wildman–Crippen LogP) is 9.12. The van der Waals surface area contributed by atoms with Crippen LogP contribution in [0.3, 0.4) is 0 Å². The molecule has 5 heteroatoms. The van der Waals surface area contributed by atoms with Crippen LogP contribution in [0.4, 0.5) is 5.69 Å². The van der Waals surface area contributed by atoms with Crippen LogP contribution in [0.15, 0.2) is 53.6 Å². The van der Waals surface area contributed by atoms with E-state index in [4.69, 9.17) is 4.74 Å². The molecular weight excluding hydrogens is 476 g/mol. The van der Waals surface area contributed by atoms with E-state index in [9.17, 15) is 4.79 Å². The molecule has 37 heavy (non-hydrogen) atoms. The second kappa shape index (κ2) is 14.5. The van der Waals surface area contributed by atoms with Crippen LogP contribution in [-0.2, 0) is 12.0 Å². The van der Waals surface area contributed by atoms with E-state index in [0.29, 0.717) is 5.56 Å². The summed E-state index contributed by atoms with van der Waals surface area (Å²) in [6.45, 7) is 12.6. The van der Waals surface area contributed by atoms with Gasteiger partial charge in [-0.2, -0.15) is 0 Å². The van der Waals surface area contributed by atoms with Crippen molar-refractivity contribution in [2.75, 3.05) is 17.8 Å². The number of hydrogen-bond acceptors (Lipinski definition) is 4. The number of thioether (sulfide) groups is 1. The maximum absolute atomic E-state index is 12.9. The van der Waals surface area contributed by atoms with Crippen molar-refractivity contribution in [2.45, 2.75) is 97.9 Å². The minimum Gasteiger partial charge on any atom is -0.493 e. The highest BCUT2D eigenvalue weighted by Crippen LogP contribution is 2.34. The summed E-state index contributed by atoms with van der Waals surface area (Å²) in [5.74, 6) is 1.82. The van der Waals surface area contributed by atoms with E-state index in [1.54, 1.807) is 0 Å². The van der Waals surface area contributed by atoms with Crippen LogP contribution in [0.1, 0.15) is 107 Å². The van der Waals surface area contributed by atoms with E-state index >= 15 is 0 Å². The third-order valence-electron chi connectivity index (χ3n) is 6.73. The summed E-state index contributed by atoms with van der Waals surface area (Å²) in [6, 6.07) is 13.9. The van der Waals surface area contributed by atoms with Crippen molar-refractivity contribution < 1.29 is 9.53 Å². The van der Waals surface area contributed by atoms with Crippen molar-refractivity contribution in [3.8, 4) is 5.75 Å². The number of hydrogen-bond donors (Lipinski definition) is 1. The summed E-state index contributed by atoms with van der Waals surface area (Å²) < 4.78 is 6.21. The summed E-state index contributed by atoms with van der Waals surface area (Å²) in [5, 5.41) is 3.08. The van der Waals surface area contributed by atoms with Gasteiger partial charge in [-0.3, -0.25) is 4.79 Å². The average molecular weight is 523 g/mol. The fourth-order valence-corrected chi connectivity index (χ4v) is 5.30. The zero-order valence-electron chi connectivity index (χ0n) is 23.6. The minimum absolute atomic E-state index is 0.0857. The van der Waals surface area contributed by atoms with E-state index in [2.05, 4.69) is 57.1 Å². The van der Waals surface area contributed by atoms with Crippen LogP contribution in [0.5, 0.6) is 5.75 Å². The predicted molar refractivity (Wildman–Crippen MR) is 159 cm³/mol. The third kappa shape index (κ3) is 9.77. The Morgan fingerprint density at radius 1 is 0.973 bits per heavy atom. The SMILES string of the molecule is CCCCCCCCCCOc1ccc(NC(=O)c2ccc(CN3C=C(C)SC3)cc2)cc1C(C)(C)C. The van der Waals surface area contributed by atoms with Crippen LogP contribution in [0.2, 0.25) is 0 Å². The zero-order valence-corrected chi connectivity index (χ0v) is 24.4. The molecule has 0 fully saturated rings. The summed E-state index contributed by atoms with van der Waals surface area (Å²) in [4.78, 5) is 16.6. The summed E-state index contributed by atoms with van der Waals surface area (Å²) >= 11 is 1.86. The largest absolute Gasteiger partial charge is 0.493 e. The Morgan fingerprint density at radius 3 is 2.27 bits per heavy atom. The molecule has 3 rings (SSSR count). The Labute approximate surface area is 229 Å². The van der Waals surface area contributed by atoms with Crippen molar-refractivity contribution >= 4 is 23.4 Å². The number of anilines is 1. The molecule has 0 aromatic heterocycles. The maximum Gasteiger partial charge on any atom is 0.255 e. The van der Waals surface area contributed by atoms with Crippen molar-refractivity contribution in [2.24, 2.45) is 0 Å². The molecule has 0 bridgehead atoms. The summed E-state index contributed by atoms with van der Waals surface area (Å²) in [5.41, 5.74) is 3.70. The smallest absolute Gasteiger partial charge is 0.255 e. The Hall–Kier alpha value is -2.40. The first-order chi connectivity index (χ1) is 17.8. The molecule has 2 aromatic rings. The van der Waals surface area contributed by atoms with Gasteiger partial charge in [-0.1, -0.05) is 84.8 Å². The van der Waals surface area contributed by atoms with E-state index in [0.717, 1.165) is 42.4 Å². The van der Waals surface area contributed by atoms with Gasteiger partial charge in [0.1, 0.15) is 5.75 Å². The van der Waals surface area contributed by atoms with E-state index in [-0.39, 0.29) is 11.3 Å². The second-order valence-corrected chi connectivity index (χ2v) is 12.4. The zero-order chi connectivity index (χ0) is 26.7. The van der Waals surface area contributed by atoms with Crippen molar-refractivity contribution in [1.29, 1.82) is 0 Å². The number of nitrogens with one attached hydrogen (secondary N) is 1. The van der Waals surface area contributed by atoms with Crippen LogP contribution < -0.4 is 10.1 Å².